The summed E-state index contributed by atoms with van der Waals surface area (Å²) in [6, 6.07) is 12.6. The van der Waals surface area contributed by atoms with Gasteiger partial charge in [0.1, 0.15) is 18.1 Å². The Morgan fingerprint density at radius 2 is 1.78 bits per heavy atom. The van der Waals surface area contributed by atoms with Crippen LogP contribution in [0.2, 0.25) is 0 Å². The van der Waals surface area contributed by atoms with E-state index in [0.29, 0.717) is 19.1 Å². The van der Waals surface area contributed by atoms with Crippen molar-refractivity contribution in [2.45, 2.75) is 38.7 Å². The number of methoxy groups -OCH3 is 2. The minimum Gasteiger partial charge on any atom is -0.496 e. The molecule has 1 atom stereocenters. The van der Waals surface area contributed by atoms with Crippen molar-refractivity contribution < 1.29 is 19.3 Å². The van der Waals surface area contributed by atoms with Gasteiger partial charge in [0.2, 0.25) is 0 Å². The second-order valence-electron chi connectivity index (χ2n) is 8.60. The number of halogens is 1. The zero-order chi connectivity index (χ0) is 22.9. The molecular formula is C26H36BrNO4. The van der Waals surface area contributed by atoms with Crippen LogP contribution in [-0.4, -0.2) is 57.1 Å². The van der Waals surface area contributed by atoms with Crippen molar-refractivity contribution in [1.82, 2.24) is 4.90 Å². The van der Waals surface area contributed by atoms with Gasteiger partial charge in [-0.25, -0.2) is 0 Å². The SMILES string of the molecule is COCCOc1cc(CC2CCN(CCc3ccc(OC)c(C(C)O)c3)CC2)ccc1Br. The molecule has 2 aromatic carbocycles. The minimum atomic E-state index is -0.523. The molecule has 32 heavy (non-hydrogen) atoms. The number of nitrogens with zero attached hydrogens (tertiary/aromatic N) is 1. The van der Waals surface area contributed by atoms with E-state index in [-0.39, 0.29) is 0 Å². The molecule has 6 heteroatoms. The lowest BCUT2D eigenvalue weighted by Gasteiger charge is -2.32. The van der Waals surface area contributed by atoms with Crippen LogP contribution >= 0.6 is 15.9 Å². The van der Waals surface area contributed by atoms with Crippen molar-refractivity contribution in [2.75, 3.05) is 47.1 Å². The summed E-state index contributed by atoms with van der Waals surface area (Å²) < 4.78 is 17.3. The van der Waals surface area contributed by atoms with Crippen LogP contribution in [0.5, 0.6) is 11.5 Å². The predicted molar refractivity (Wildman–Crippen MR) is 132 cm³/mol. The van der Waals surface area contributed by atoms with Crippen LogP contribution in [0.15, 0.2) is 40.9 Å². The highest BCUT2D eigenvalue weighted by molar-refractivity contribution is 9.10. The first-order valence-corrected chi connectivity index (χ1v) is 12.3. The highest BCUT2D eigenvalue weighted by atomic mass is 79.9. The van der Waals surface area contributed by atoms with Gasteiger partial charge in [-0.05, 0) is 103 Å². The van der Waals surface area contributed by atoms with Gasteiger partial charge in [-0.15, -0.1) is 0 Å². The molecule has 0 bridgehead atoms. The molecule has 1 N–H and O–H groups in total. The van der Waals surface area contributed by atoms with Gasteiger partial charge < -0.3 is 24.2 Å². The molecule has 2 aromatic rings. The molecule has 1 unspecified atom stereocenters. The Morgan fingerprint density at radius 1 is 1.03 bits per heavy atom. The van der Waals surface area contributed by atoms with E-state index in [1.165, 1.54) is 24.0 Å². The average molecular weight is 506 g/mol. The quantitative estimate of drug-likeness (QED) is 0.433. The molecule has 0 spiro atoms. The van der Waals surface area contributed by atoms with E-state index < -0.39 is 6.10 Å². The molecular weight excluding hydrogens is 470 g/mol. The van der Waals surface area contributed by atoms with Crippen molar-refractivity contribution in [2.24, 2.45) is 5.92 Å². The Hall–Kier alpha value is -1.60. The fourth-order valence-corrected chi connectivity index (χ4v) is 4.68. The van der Waals surface area contributed by atoms with Crippen LogP contribution in [0.25, 0.3) is 0 Å². The molecule has 1 fully saturated rings. The van der Waals surface area contributed by atoms with Crippen molar-refractivity contribution in [3.63, 3.8) is 0 Å². The molecule has 176 valence electrons. The summed E-state index contributed by atoms with van der Waals surface area (Å²) >= 11 is 3.58. The van der Waals surface area contributed by atoms with E-state index in [1.54, 1.807) is 21.1 Å². The summed E-state index contributed by atoms with van der Waals surface area (Å²) in [7, 11) is 3.33. The molecule has 0 radical (unpaired) electrons. The van der Waals surface area contributed by atoms with Gasteiger partial charge in [-0.3, -0.25) is 0 Å². The van der Waals surface area contributed by atoms with E-state index in [0.717, 1.165) is 54.0 Å². The fourth-order valence-electron chi connectivity index (χ4n) is 4.32. The van der Waals surface area contributed by atoms with Gasteiger partial charge in [0.25, 0.3) is 0 Å². The number of aliphatic hydroxyl groups is 1. The number of hydrogen-bond acceptors (Lipinski definition) is 5. The Labute approximate surface area is 200 Å². The van der Waals surface area contributed by atoms with Gasteiger partial charge in [0, 0.05) is 19.2 Å². The minimum absolute atomic E-state index is 0.523. The lowest BCUT2D eigenvalue weighted by Crippen LogP contribution is -2.35. The van der Waals surface area contributed by atoms with Crippen molar-refractivity contribution in [1.29, 1.82) is 0 Å². The summed E-state index contributed by atoms with van der Waals surface area (Å²) in [5, 5.41) is 10.0. The van der Waals surface area contributed by atoms with E-state index in [9.17, 15) is 5.11 Å². The maximum absolute atomic E-state index is 10.0. The lowest BCUT2D eigenvalue weighted by atomic mass is 9.90. The summed E-state index contributed by atoms with van der Waals surface area (Å²) in [6.07, 6.45) is 4.00. The number of hydrogen-bond donors (Lipinski definition) is 1. The Balaban J connectivity index is 1.46. The predicted octanol–water partition coefficient (Wildman–Crippen LogP) is 5.03. The second kappa shape index (κ2) is 12.6. The molecule has 1 heterocycles. The number of ether oxygens (including phenoxy) is 3. The highest BCUT2D eigenvalue weighted by Gasteiger charge is 2.20. The number of rotatable bonds is 11. The molecule has 1 aliphatic rings. The van der Waals surface area contributed by atoms with Crippen LogP contribution in [0.3, 0.4) is 0 Å². The van der Waals surface area contributed by atoms with Gasteiger partial charge in [-0.1, -0.05) is 12.1 Å². The third-order valence-electron chi connectivity index (χ3n) is 6.23. The van der Waals surface area contributed by atoms with E-state index in [1.807, 2.05) is 6.07 Å². The monoisotopic (exact) mass is 505 g/mol. The molecule has 0 aromatic heterocycles. The number of piperidine rings is 1. The molecule has 3 rings (SSSR count). The van der Waals surface area contributed by atoms with E-state index >= 15 is 0 Å². The van der Waals surface area contributed by atoms with Crippen LogP contribution in [0.4, 0.5) is 0 Å². The van der Waals surface area contributed by atoms with Crippen molar-refractivity contribution in [3.05, 3.63) is 57.6 Å². The zero-order valence-electron chi connectivity index (χ0n) is 19.5. The van der Waals surface area contributed by atoms with Gasteiger partial charge in [0.15, 0.2) is 0 Å². The summed E-state index contributed by atoms with van der Waals surface area (Å²) in [6.45, 7) is 6.26. The highest BCUT2D eigenvalue weighted by Crippen LogP contribution is 2.30. The molecule has 5 nitrogen and oxygen atoms in total. The molecule has 0 saturated carbocycles. The first-order valence-electron chi connectivity index (χ1n) is 11.5. The Bertz CT molecular complexity index is 850. The van der Waals surface area contributed by atoms with E-state index in [2.05, 4.69) is 51.2 Å². The van der Waals surface area contributed by atoms with Gasteiger partial charge in [-0.2, -0.15) is 0 Å². The first-order chi connectivity index (χ1) is 15.5. The number of benzene rings is 2. The maximum Gasteiger partial charge on any atom is 0.133 e. The largest absolute Gasteiger partial charge is 0.496 e. The second-order valence-corrected chi connectivity index (χ2v) is 9.45. The molecule has 0 amide bonds. The molecule has 0 aliphatic carbocycles. The van der Waals surface area contributed by atoms with Gasteiger partial charge >= 0.3 is 0 Å². The van der Waals surface area contributed by atoms with Gasteiger partial charge in [0.05, 0.1) is 24.3 Å². The van der Waals surface area contributed by atoms with Crippen LogP contribution < -0.4 is 9.47 Å². The Morgan fingerprint density at radius 3 is 2.47 bits per heavy atom. The van der Waals surface area contributed by atoms with Crippen LogP contribution in [0, 0.1) is 5.92 Å². The average Bonchev–Trinajstić information content (AvgIpc) is 2.80. The first kappa shape index (κ1) is 25.0. The smallest absolute Gasteiger partial charge is 0.133 e. The molecule has 1 saturated heterocycles. The Kier molecular flexibility index (Phi) is 9.85. The van der Waals surface area contributed by atoms with Crippen molar-refractivity contribution in [3.8, 4) is 11.5 Å². The van der Waals surface area contributed by atoms with Crippen molar-refractivity contribution >= 4 is 15.9 Å². The fraction of sp³-hybridized carbons (Fsp3) is 0.538. The topological polar surface area (TPSA) is 51.2 Å². The third kappa shape index (κ3) is 7.20. The normalized spacial score (nSPS) is 16.2. The number of aliphatic hydroxyl groups excluding tert-OH is 1. The maximum atomic E-state index is 10.0. The zero-order valence-corrected chi connectivity index (χ0v) is 21.1. The van der Waals surface area contributed by atoms with Crippen LogP contribution in [-0.2, 0) is 17.6 Å². The van der Waals surface area contributed by atoms with E-state index in [4.69, 9.17) is 14.2 Å². The summed E-state index contributed by atoms with van der Waals surface area (Å²) in [5.74, 6) is 2.36. The molecule has 1 aliphatic heterocycles. The summed E-state index contributed by atoms with van der Waals surface area (Å²) in [4.78, 5) is 2.56. The lowest BCUT2D eigenvalue weighted by molar-refractivity contribution is 0.146. The van der Waals surface area contributed by atoms with Crippen LogP contribution in [0.1, 0.15) is 42.6 Å². The third-order valence-corrected chi connectivity index (χ3v) is 6.89. The summed E-state index contributed by atoms with van der Waals surface area (Å²) in [5.41, 5.74) is 3.45. The standard InChI is InChI=1S/C26H36BrNO4/c1-19(29)23-17-20(5-7-25(23)31-3)8-11-28-12-9-21(10-13-28)16-22-4-6-24(27)26(18-22)32-15-14-30-2/h4-7,17-19,21,29H,8-16H2,1-3H3. The number of likely N-dealkylation sites (tertiary alicyclic amines) is 1.